The average Bonchev–Trinajstić information content (AvgIpc) is 2.35. The van der Waals surface area contributed by atoms with Crippen molar-refractivity contribution in [2.24, 2.45) is 0 Å². The molecule has 1 saturated heterocycles. The van der Waals surface area contributed by atoms with Crippen LogP contribution in [0.25, 0.3) is 0 Å². The molecule has 1 heterocycles. The average molecular weight is 156 g/mol. The molecular weight excluding hydrogens is 140 g/mol. The van der Waals surface area contributed by atoms with Gasteiger partial charge in [0.1, 0.15) is 0 Å². The minimum atomic E-state index is -0.260. The Labute approximate surface area is 67.9 Å². The Hall–Kier alpha value is -0.0800. The molecule has 2 heteroatoms. The van der Waals surface area contributed by atoms with E-state index >= 15 is 0 Å². The molecule has 0 unspecified atom stereocenters. The predicted octanol–water partition coefficient (Wildman–Crippen LogP) is 2.43. The summed E-state index contributed by atoms with van der Waals surface area (Å²) in [6.07, 6.45) is 5.68. The van der Waals surface area contributed by atoms with Crippen molar-refractivity contribution < 1.29 is 9.47 Å². The van der Waals surface area contributed by atoms with Crippen molar-refractivity contribution in [3.05, 3.63) is 0 Å². The van der Waals surface area contributed by atoms with Gasteiger partial charge in [0.15, 0.2) is 11.6 Å². The van der Waals surface area contributed by atoms with Crippen molar-refractivity contribution in [3.8, 4) is 0 Å². The molecule has 1 aliphatic heterocycles. The van der Waals surface area contributed by atoms with Crippen molar-refractivity contribution in [1.82, 2.24) is 0 Å². The van der Waals surface area contributed by atoms with Crippen LogP contribution in [-0.4, -0.2) is 11.6 Å². The maximum atomic E-state index is 5.80. The highest BCUT2D eigenvalue weighted by atomic mass is 16.9. The number of ether oxygens (including phenoxy) is 2. The van der Waals surface area contributed by atoms with Gasteiger partial charge < -0.3 is 9.47 Å². The van der Waals surface area contributed by atoms with Gasteiger partial charge in [-0.1, -0.05) is 6.92 Å². The second kappa shape index (κ2) is 2.20. The lowest BCUT2D eigenvalue weighted by Gasteiger charge is -2.52. The third-order valence-electron chi connectivity index (χ3n) is 2.81. The van der Waals surface area contributed by atoms with Crippen LogP contribution in [0, 0.1) is 0 Å². The summed E-state index contributed by atoms with van der Waals surface area (Å²) in [5, 5.41) is 0. The van der Waals surface area contributed by atoms with Gasteiger partial charge in [0, 0.05) is 12.8 Å². The van der Waals surface area contributed by atoms with E-state index in [1.165, 1.54) is 12.8 Å². The number of hydrogen-bond acceptors (Lipinski definition) is 2. The Morgan fingerprint density at radius 2 is 1.73 bits per heavy atom. The summed E-state index contributed by atoms with van der Waals surface area (Å²) in [5.41, 5.74) is 0. The first-order valence-corrected chi connectivity index (χ1v) is 4.58. The minimum Gasteiger partial charge on any atom is -0.318 e. The van der Waals surface area contributed by atoms with Crippen LogP contribution in [0.3, 0.4) is 0 Å². The third-order valence-corrected chi connectivity index (χ3v) is 2.81. The van der Waals surface area contributed by atoms with Crippen molar-refractivity contribution in [2.75, 3.05) is 0 Å². The molecule has 0 aromatic carbocycles. The molecule has 0 atom stereocenters. The zero-order valence-electron chi connectivity index (χ0n) is 7.35. The van der Waals surface area contributed by atoms with Gasteiger partial charge in [-0.2, -0.15) is 0 Å². The largest absolute Gasteiger partial charge is 0.318 e. The van der Waals surface area contributed by atoms with Gasteiger partial charge in [-0.3, -0.25) is 0 Å². The van der Waals surface area contributed by atoms with Crippen LogP contribution in [-0.2, 0) is 9.47 Å². The van der Waals surface area contributed by atoms with Crippen LogP contribution < -0.4 is 0 Å². The van der Waals surface area contributed by atoms with Crippen LogP contribution in [0.5, 0.6) is 0 Å². The Bertz CT molecular complexity index is 151. The molecule has 2 aliphatic rings. The lowest BCUT2D eigenvalue weighted by atomic mass is 10.1. The molecule has 0 aromatic heterocycles. The fourth-order valence-electron chi connectivity index (χ4n) is 2.06. The highest BCUT2D eigenvalue weighted by Gasteiger charge is 2.54. The van der Waals surface area contributed by atoms with Crippen LogP contribution in [0.4, 0.5) is 0 Å². The topological polar surface area (TPSA) is 18.5 Å². The molecule has 0 amide bonds. The summed E-state index contributed by atoms with van der Waals surface area (Å²) in [7, 11) is 0. The minimum absolute atomic E-state index is 0.148. The van der Waals surface area contributed by atoms with E-state index in [4.69, 9.17) is 9.47 Å². The zero-order chi connectivity index (χ0) is 7.95. The second-order valence-electron chi connectivity index (χ2n) is 3.81. The SMILES string of the molecule is CCC1(C)OC2(CCCC2)O1. The third kappa shape index (κ3) is 1.09. The summed E-state index contributed by atoms with van der Waals surface area (Å²) in [5.74, 6) is -0.408. The first-order valence-electron chi connectivity index (χ1n) is 4.58. The van der Waals surface area contributed by atoms with Crippen LogP contribution in [0.15, 0.2) is 0 Å². The summed E-state index contributed by atoms with van der Waals surface area (Å²) >= 11 is 0. The van der Waals surface area contributed by atoms with Crippen molar-refractivity contribution in [1.29, 1.82) is 0 Å². The molecule has 2 rings (SSSR count). The summed E-state index contributed by atoms with van der Waals surface area (Å²) in [6.45, 7) is 4.12. The Morgan fingerprint density at radius 3 is 2.18 bits per heavy atom. The van der Waals surface area contributed by atoms with Gasteiger partial charge in [0.25, 0.3) is 0 Å². The molecule has 64 valence electrons. The lowest BCUT2D eigenvalue weighted by molar-refractivity contribution is -0.502. The van der Waals surface area contributed by atoms with E-state index in [0.29, 0.717) is 0 Å². The van der Waals surface area contributed by atoms with Crippen molar-refractivity contribution in [3.63, 3.8) is 0 Å². The van der Waals surface area contributed by atoms with E-state index in [1.807, 2.05) is 6.92 Å². The van der Waals surface area contributed by atoms with Crippen LogP contribution in [0.2, 0.25) is 0 Å². The van der Waals surface area contributed by atoms with Crippen LogP contribution >= 0.6 is 0 Å². The number of hydrogen-bond donors (Lipinski definition) is 0. The molecule has 2 fully saturated rings. The highest BCUT2D eigenvalue weighted by Crippen LogP contribution is 2.49. The normalized spacial score (nSPS) is 32.2. The lowest BCUT2D eigenvalue weighted by Crippen LogP contribution is -2.59. The monoisotopic (exact) mass is 156 g/mol. The van der Waals surface area contributed by atoms with E-state index in [-0.39, 0.29) is 11.6 Å². The smallest absolute Gasteiger partial charge is 0.175 e. The second-order valence-corrected chi connectivity index (χ2v) is 3.81. The quantitative estimate of drug-likeness (QED) is 0.580. The fourth-order valence-corrected chi connectivity index (χ4v) is 2.06. The number of rotatable bonds is 1. The van der Waals surface area contributed by atoms with Crippen molar-refractivity contribution in [2.45, 2.75) is 57.5 Å². The Morgan fingerprint density at radius 1 is 1.18 bits per heavy atom. The standard InChI is InChI=1S/C9H16O2/c1-3-8(2)10-9(11-8)6-4-5-7-9/h3-7H2,1-2H3. The maximum absolute atomic E-state index is 5.80. The molecule has 11 heavy (non-hydrogen) atoms. The highest BCUT2D eigenvalue weighted by molar-refractivity contribution is 4.88. The molecule has 2 nitrogen and oxygen atoms in total. The molecule has 0 radical (unpaired) electrons. The Balaban J connectivity index is 1.95. The van der Waals surface area contributed by atoms with E-state index in [9.17, 15) is 0 Å². The van der Waals surface area contributed by atoms with Gasteiger partial charge >= 0.3 is 0 Å². The van der Waals surface area contributed by atoms with Gasteiger partial charge in [-0.25, -0.2) is 0 Å². The molecule has 0 aromatic rings. The van der Waals surface area contributed by atoms with Crippen LogP contribution in [0.1, 0.15) is 46.0 Å². The zero-order valence-corrected chi connectivity index (χ0v) is 7.35. The summed E-state index contributed by atoms with van der Waals surface area (Å²) < 4.78 is 11.6. The maximum Gasteiger partial charge on any atom is 0.175 e. The first kappa shape index (κ1) is 7.56. The van der Waals surface area contributed by atoms with E-state index in [2.05, 4.69) is 6.92 Å². The van der Waals surface area contributed by atoms with Gasteiger partial charge in [0.05, 0.1) is 0 Å². The summed E-state index contributed by atoms with van der Waals surface area (Å²) in [4.78, 5) is 0. The van der Waals surface area contributed by atoms with E-state index < -0.39 is 0 Å². The molecule has 1 saturated carbocycles. The molecule has 1 spiro atoms. The predicted molar refractivity (Wildman–Crippen MR) is 42.1 cm³/mol. The van der Waals surface area contributed by atoms with Gasteiger partial charge in [0.2, 0.25) is 0 Å². The summed E-state index contributed by atoms with van der Waals surface area (Å²) in [6, 6.07) is 0. The van der Waals surface area contributed by atoms with Gasteiger partial charge in [-0.05, 0) is 26.2 Å². The van der Waals surface area contributed by atoms with Crippen molar-refractivity contribution >= 4 is 0 Å². The first-order chi connectivity index (χ1) is 5.18. The Kier molecular flexibility index (Phi) is 1.52. The van der Waals surface area contributed by atoms with E-state index in [0.717, 1.165) is 19.3 Å². The van der Waals surface area contributed by atoms with Gasteiger partial charge in [-0.15, -0.1) is 0 Å². The molecule has 0 bridgehead atoms. The van der Waals surface area contributed by atoms with E-state index in [1.54, 1.807) is 0 Å². The molecule has 1 aliphatic carbocycles. The molecule has 0 N–H and O–H groups in total. The molecular formula is C9H16O2. The fraction of sp³-hybridized carbons (Fsp3) is 1.00.